The molecule has 4 heterocycles. The van der Waals surface area contributed by atoms with Gasteiger partial charge in [0.05, 0.1) is 11.4 Å². The van der Waals surface area contributed by atoms with Gasteiger partial charge in [-0.2, -0.15) is 0 Å². The molecule has 5 nitrogen and oxygen atoms in total. The Morgan fingerprint density at radius 1 is 1.17 bits per heavy atom. The normalized spacial score (nSPS) is 27.2. The number of piperazine rings is 1. The molecule has 6 heteroatoms. The maximum absolute atomic E-state index is 4.92. The van der Waals surface area contributed by atoms with Gasteiger partial charge in [-0.25, -0.2) is 4.98 Å². The Hall–Kier alpha value is -0.950. The summed E-state index contributed by atoms with van der Waals surface area (Å²) >= 11 is 1.77. The summed E-state index contributed by atoms with van der Waals surface area (Å²) in [5, 5.41) is 5.63. The number of likely N-dealkylation sites (tertiary alicyclic amines) is 1. The van der Waals surface area contributed by atoms with E-state index in [1.165, 1.54) is 61.8 Å². The molecular weight excluding hydrogens is 306 g/mol. The molecule has 124 valence electrons. The van der Waals surface area contributed by atoms with Gasteiger partial charge in [0, 0.05) is 69.3 Å². The number of nitrogens with one attached hydrogen (secondary N) is 1. The lowest BCUT2D eigenvalue weighted by Gasteiger charge is -2.32. The fourth-order valence-electron chi connectivity index (χ4n) is 4.20. The highest BCUT2D eigenvalue weighted by molar-refractivity contribution is 7.15. The van der Waals surface area contributed by atoms with E-state index < -0.39 is 0 Å². The summed E-state index contributed by atoms with van der Waals surface area (Å²) in [6.45, 7) is 8.27. The minimum Gasteiger partial charge on any atom is -0.314 e. The molecule has 2 saturated heterocycles. The molecule has 1 N–H and O–H groups in total. The highest BCUT2D eigenvalue weighted by Gasteiger charge is 2.33. The van der Waals surface area contributed by atoms with Gasteiger partial charge >= 0.3 is 0 Å². The van der Waals surface area contributed by atoms with Crippen molar-refractivity contribution in [2.45, 2.75) is 37.8 Å². The molecule has 0 aromatic carbocycles. The lowest BCUT2D eigenvalue weighted by Crippen LogP contribution is -2.49. The molecule has 2 aliphatic heterocycles. The van der Waals surface area contributed by atoms with E-state index in [1.54, 1.807) is 11.3 Å². The number of hydrogen-bond acceptors (Lipinski definition) is 5. The van der Waals surface area contributed by atoms with Crippen LogP contribution in [0.3, 0.4) is 0 Å². The van der Waals surface area contributed by atoms with Gasteiger partial charge in [0.15, 0.2) is 4.96 Å². The topological polar surface area (TPSA) is 35.8 Å². The number of hydrogen-bond donors (Lipinski definition) is 1. The molecule has 2 aromatic rings. The largest absolute Gasteiger partial charge is 0.314 e. The summed E-state index contributed by atoms with van der Waals surface area (Å²) in [6.07, 6.45) is 6.20. The standard InChI is InChI=1S/C17H25N5S/c1-2-13(1)16-15(22-9-10-23-17(22)19-16)12-20-6-3-14(11-20)21-7-4-18-5-8-21/h9-10,13-14,18H,1-8,11-12H2. The molecule has 23 heavy (non-hydrogen) atoms. The summed E-state index contributed by atoms with van der Waals surface area (Å²) in [4.78, 5) is 11.4. The van der Waals surface area contributed by atoms with Crippen molar-refractivity contribution in [3.63, 3.8) is 0 Å². The van der Waals surface area contributed by atoms with E-state index in [-0.39, 0.29) is 0 Å². The second kappa shape index (κ2) is 5.84. The van der Waals surface area contributed by atoms with Crippen LogP contribution in [0.25, 0.3) is 4.96 Å². The quantitative estimate of drug-likeness (QED) is 0.926. The predicted molar refractivity (Wildman–Crippen MR) is 93.2 cm³/mol. The Kier molecular flexibility index (Phi) is 3.66. The van der Waals surface area contributed by atoms with Gasteiger partial charge in [-0.05, 0) is 19.3 Å². The Morgan fingerprint density at radius 3 is 2.87 bits per heavy atom. The average molecular weight is 331 g/mol. The molecule has 3 fully saturated rings. The number of aromatic nitrogens is 2. The van der Waals surface area contributed by atoms with Gasteiger partial charge in [-0.3, -0.25) is 14.2 Å². The molecule has 0 bridgehead atoms. The number of nitrogens with zero attached hydrogens (tertiary/aromatic N) is 4. The summed E-state index contributed by atoms with van der Waals surface area (Å²) in [5.41, 5.74) is 2.85. The molecule has 0 amide bonds. The van der Waals surface area contributed by atoms with E-state index in [0.717, 1.165) is 31.6 Å². The third-order valence-electron chi connectivity index (χ3n) is 5.64. The third-order valence-corrected chi connectivity index (χ3v) is 6.40. The van der Waals surface area contributed by atoms with Gasteiger partial charge < -0.3 is 5.32 Å². The Balaban J connectivity index is 1.32. The smallest absolute Gasteiger partial charge is 0.194 e. The maximum atomic E-state index is 4.92. The first-order valence-electron chi connectivity index (χ1n) is 9.00. The van der Waals surface area contributed by atoms with Crippen LogP contribution in [0.5, 0.6) is 0 Å². The zero-order valence-corrected chi connectivity index (χ0v) is 14.4. The summed E-state index contributed by atoms with van der Waals surface area (Å²) < 4.78 is 2.34. The van der Waals surface area contributed by atoms with E-state index >= 15 is 0 Å². The fraction of sp³-hybridized carbons (Fsp3) is 0.706. The number of thiazole rings is 1. The van der Waals surface area contributed by atoms with E-state index in [4.69, 9.17) is 4.98 Å². The number of imidazole rings is 1. The lowest BCUT2D eigenvalue weighted by atomic mass is 10.2. The van der Waals surface area contributed by atoms with Crippen LogP contribution in [0.4, 0.5) is 0 Å². The molecule has 0 spiro atoms. The molecule has 1 aliphatic carbocycles. The Bertz CT molecular complexity index is 682. The van der Waals surface area contributed by atoms with Crippen LogP contribution in [-0.2, 0) is 6.54 Å². The highest BCUT2D eigenvalue weighted by atomic mass is 32.1. The number of rotatable bonds is 4. The molecule has 3 aliphatic rings. The van der Waals surface area contributed by atoms with E-state index in [0.29, 0.717) is 0 Å². The first kappa shape index (κ1) is 14.4. The maximum Gasteiger partial charge on any atom is 0.194 e. The molecule has 5 rings (SSSR count). The summed E-state index contributed by atoms with van der Waals surface area (Å²) in [6, 6.07) is 0.757. The van der Waals surface area contributed by atoms with Crippen LogP contribution in [0, 0.1) is 0 Å². The van der Waals surface area contributed by atoms with Gasteiger partial charge in [0.1, 0.15) is 0 Å². The van der Waals surface area contributed by atoms with Gasteiger partial charge in [-0.15, -0.1) is 11.3 Å². The molecule has 1 unspecified atom stereocenters. The number of fused-ring (bicyclic) bond motifs is 1. The second-order valence-corrected chi connectivity index (χ2v) is 8.11. The van der Waals surface area contributed by atoms with Crippen LogP contribution >= 0.6 is 11.3 Å². The van der Waals surface area contributed by atoms with Crippen molar-refractivity contribution in [2.75, 3.05) is 39.3 Å². The van der Waals surface area contributed by atoms with Crippen LogP contribution < -0.4 is 5.32 Å². The predicted octanol–water partition coefficient (Wildman–Crippen LogP) is 1.75. The molecule has 1 atom stereocenters. The van der Waals surface area contributed by atoms with Gasteiger partial charge in [-0.1, -0.05) is 0 Å². The van der Waals surface area contributed by atoms with Gasteiger partial charge in [0.2, 0.25) is 0 Å². The SMILES string of the molecule is c1cn2c(CN3CCC(N4CCNCC4)C3)c(C3CC3)nc2s1. The zero-order chi connectivity index (χ0) is 15.2. The zero-order valence-electron chi connectivity index (χ0n) is 13.6. The Labute approximate surface area is 141 Å². The van der Waals surface area contributed by atoms with Crippen LogP contribution in [0.1, 0.15) is 36.6 Å². The minimum atomic E-state index is 0.740. The average Bonchev–Trinajstić information content (AvgIpc) is 3.01. The first-order chi connectivity index (χ1) is 11.4. The first-order valence-corrected chi connectivity index (χ1v) is 9.88. The van der Waals surface area contributed by atoms with Crippen molar-refractivity contribution >= 4 is 16.3 Å². The van der Waals surface area contributed by atoms with Crippen molar-refractivity contribution in [1.29, 1.82) is 0 Å². The van der Waals surface area contributed by atoms with Crippen LogP contribution in [0.2, 0.25) is 0 Å². The summed E-state index contributed by atoms with van der Waals surface area (Å²) in [5.74, 6) is 0.740. The van der Waals surface area contributed by atoms with E-state index in [9.17, 15) is 0 Å². The Morgan fingerprint density at radius 2 is 2.04 bits per heavy atom. The van der Waals surface area contributed by atoms with E-state index in [2.05, 4.69) is 31.1 Å². The fourth-order valence-corrected chi connectivity index (χ4v) is 4.94. The monoisotopic (exact) mass is 331 g/mol. The molecule has 0 radical (unpaired) electrons. The van der Waals surface area contributed by atoms with Gasteiger partial charge in [0.25, 0.3) is 0 Å². The third kappa shape index (κ3) is 2.71. The van der Waals surface area contributed by atoms with Crippen molar-refractivity contribution < 1.29 is 0 Å². The molecule has 2 aromatic heterocycles. The van der Waals surface area contributed by atoms with E-state index in [1.807, 2.05) is 0 Å². The minimum absolute atomic E-state index is 0.740. The lowest BCUT2D eigenvalue weighted by molar-refractivity contribution is 0.170. The summed E-state index contributed by atoms with van der Waals surface area (Å²) in [7, 11) is 0. The van der Waals surface area contributed by atoms with Crippen molar-refractivity contribution in [3.8, 4) is 0 Å². The molecule has 1 saturated carbocycles. The highest BCUT2D eigenvalue weighted by Crippen LogP contribution is 2.42. The second-order valence-electron chi connectivity index (χ2n) is 7.24. The van der Waals surface area contributed by atoms with Crippen LogP contribution in [-0.4, -0.2) is 64.5 Å². The van der Waals surface area contributed by atoms with Crippen molar-refractivity contribution in [2.24, 2.45) is 0 Å². The molecular formula is C17H25N5S. The van der Waals surface area contributed by atoms with Crippen LogP contribution in [0.15, 0.2) is 11.6 Å². The van der Waals surface area contributed by atoms with Crippen molar-refractivity contribution in [3.05, 3.63) is 23.0 Å². The van der Waals surface area contributed by atoms with Crippen molar-refractivity contribution in [1.82, 2.24) is 24.5 Å².